The smallest absolute Gasteiger partial charge is 0.271 e. The Morgan fingerprint density at radius 2 is 1.85 bits per heavy atom. The lowest BCUT2D eigenvalue weighted by Crippen LogP contribution is -2.43. The molecule has 0 saturated heterocycles. The number of methoxy groups -OCH3 is 1. The minimum absolute atomic E-state index is 0.0863. The van der Waals surface area contributed by atoms with Crippen LogP contribution in [0.2, 0.25) is 0 Å². The number of aromatic nitrogens is 1. The number of thiazole rings is 1. The number of aromatic hydroxyl groups is 1. The number of phenolic OH excluding ortho intramolecular Hbond substituents is 1. The van der Waals surface area contributed by atoms with Crippen molar-refractivity contribution in [2.24, 2.45) is 4.99 Å². The Hall–Kier alpha value is -3.65. The van der Waals surface area contributed by atoms with Crippen molar-refractivity contribution < 1.29 is 14.6 Å². The summed E-state index contributed by atoms with van der Waals surface area (Å²) in [6.45, 7) is 6.75. The predicted octanol–water partition coefficient (Wildman–Crippen LogP) is 2.82. The quantitative estimate of drug-likeness (QED) is 0.592. The first kappa shape index (κ1) is 23.5. The maximum atomic E-state index is 13.7. The number of likely N-dealkylation sites (N-methyl/N-ethyl adjacent to an activating group) is 1. The van der Waals surface area contributed by atoms with Crippen LogP contribution >= 0.6 is 11.3 Å². The van der Waals surface area contributed by atoms with Gasteiger partial charge in [0.1, 0.15) is 17.5 Å². The van der Waals surface area contributed by atoms with Gasteiger partial charge in [0.15, 0.2) is 4.80 Å². The van der Waals surface area contributed by atoms with E-state index in [-0.39, 0.29) is 17.2 Å². The summed E-state index contributed by atoms with van der Waals surface area (Å²) in [5, 5.41) is 10.2. The molecule has 0 spiro atoms. The summed E-state index contributed by atoms with van der Waals surface area (Å²) >= 11 is 1.23. The monoisotopic (exact) mass is 477 g/mol. The third-order valence-corrected chi connectivity index (χ3v) is 6.94. The van der Waals surface area contributed by atoms with Crippen molar-refractivity contribution in [3.05, 3.63) is 90.6 Å². The molecule has 176 valence electrons. The number of carbonyl (C=O) groups excluding carboxylic acids is 1. The van der Waals surface area contributed by atoms with Crippen molar-refractivity contribution in [2.45, 2.75) is 26.8 Å². The Kier molecular flexibility index (Phi) is 6.70. The van der Waals surface area contributed by atoms with Gasteiger partial charge in [0.05, 0.1) is 22.9 Å². The fourth-order valence-electron chi connectivity index (χ4n) is 4.21. The summed E-state index contributed by atoms with van der Waals surface area (Å²) in [4.78, 5) is 34.2. The normalized spacial score (nSPS) is 15.6. The average Bonchev–Trinajstić information content (AvgIpc) is 3.14. The number of rotatable bonds is 6. The largest absolute Gasteiger partial charge is 0.507 e. The van der Waals surface area contributed by atoms with Gasteiger partial charge in [0, 0.05) is 24.2 Å². The molecule has 3 aromatic rings. The van der Waals surface area contributed by atoms with Crippen molar-refractivity contribution in [1.82, 2.24) is 9.47 Å². The Morgan fingerprint density at radius 3 is 2.53 bits per heavy atom. The Morgan fingerprint density at radius 1 is 1.18 bits per heavy atom. The van der Waals surface area contributed by atoms with E-state index in [0.717, 1.165) is 0 Å². The molecule has 2 aromatic carbocycles. The molecule has 0 aliphatic carbocycles. The van der Waals surface area contributed by atoms with Crippen LogP contribution in [-0.2, 0) is 4.79 Å². The minimum atomic E-state index is -0.688. The van der Waals surface area contributed by atoms with Crippen LogP contribution in [0.3, 0.4) is 0 Å². The van der Waals surface area contributed by atoms with E-state index in [1.807, 2.05) is 38.1 Å². The zero-order chi connectivity index (χ0) is 24.4. The second-order valence-corrected chi connectivity index (χ2v) is 8.87. The number of phenols is 1. The highest BCUT2D eigenvalue weighted by molar-refractivity contribution is 7.07. The lowest BCUT2D eigenvalue weighted by molar-refractivity contribution is -0.127. The first-order valence-corrected chi connectivity index (χ1v) is 12.0. The summed E-state index contributed by atoms with van der Waals surface area (Å²) in [5.41, 5.74) is 2.00. The third-order valence-electron chi connectivity index (χ3n) is 5.96. The molecule has 0 fully saturated rings. The van der Waals surface area contributed by atoms with Crippen molar-refractivity contribution in [3.8, 4) is 11.5 Å². The predicted molar refractivity (Wildman–Crippen MR) is 133 cm³/mol. The molecule has 1 aliphatic rings. The van der Waals surface area contributed by atoms with Crippen LogP contribution in [0.5, 0.6) is 11.5 Å². The molecule has 2 heterocycles. The number of amides is 1. The standard InChI is InChI=1S/C26H27N3O4S/c1-5-28(6-2)25(32)22-16(3)27-26-29(23(22)18-12-8-10-14-20(18)33-4)24(31)21(34-26)15-17-11-7-9-13-19(17)30/h7-15,23,30H,5-6H2,1-4H3/b21-15+/t23-/m0/s1. The maximum Gasteiger partial charge on any atom is 0.271 e. The van der Waals surface area contributed by atoms with E-state index in [2.05, 4.69) is 4.99 Å². The van der Waals surface area contributed by atoms with Gasteiger partial charge in [-0.25, -0.2) is 4.99 Å². The van der Waals surface area contributed by atoms with Gasteiger partial charge in [-0.1, -0.05) is 47.7 Å². The maximum absolute atomic E-state index is 13.7. The van der Waals surface area contributed by atoms with E-state index >= 15 is 0 Å². The molecule has 0 saturated carbocycles. The molecule has 4 rings (SSSR count). The molecule has 1 atom stereocenters. The van der Waals surface area contributed by atoms with Crippen LogP contribution in [0.15, 0.2) is 69.6 Å². The van der Waals surface area contributed by atoms with Crippen LogP contribution in [0, 0.1) is 0 Å². The lowest BCUT2D eigenvalue weighted by atomic mass is 9.94. The first-order valence-electron chi connectivity index (χ1n) is 11.1. The molecule has 7 nitrogen and oxygen atoms in total. The molecule has 1 aromatic heterocycles. The topological polar surface area (TPSA) is 84.1 Å². The van der Waals surface area contributed by atoms with Crippen LogP contribution < -0.4 is 19.6 Å². The molecule has 1 N–H and O–H groups in total. The summed E-state index contributed by atoms with van der Waals surface area (Å²) in [7, 11) is 1.57. The summed E-state index contributed by atoms with van der Waals surface area (Å²) < 4.78 is 7.61. The number of carbonyl (C=O) groups is 1. The van der Waals surface area contributed by atoms with E-state index in [4.69, 9.17) is 4.74 Å². The third kappa shape index (κ3) is 4.05. The van der Waals surface area contributed by atoms with Gasteiger partial charge in [0.2, 0.25) is 0 Å². The Labute approximate surface area is 201 Å². The fourth-order valence-corrected chi connectivity index (χ4v) is 5.25. The zero-order valence-electron chi connectivity index (χ0n) is 19.6. The molecule has 0 radical (unpaired) electrons. The molecule has 1 aliphatic heterocycles. The molecule has 8 heteroatoms. The molecular formula is C26H27N3O4S. The highest BCUT2D eigenvalue weighted by Gasteiger charge is 2.35. The van der Waals surface area contributed by atoms with Gasteiger partial charge < -0.3 is 14.7 Å². The van der Waals surface area contributed by atoms with Crippen LogP contribution in [0.4, 0.5) is 0 Å². The zero-order valence-corrected chi connectivity index (χ0v) is 20.4. The van der Waals surface area contributed by atoms with Crippen LogP contribution in [0.25, 0.3) is 6.08 Å². The SMILES string of the molecule is CCN(CC)C(=O)C1=C(C)N=c2s/c(=C/c3ccccc3O)c(=O)n2[C@H]1c1ccccc1OC. The van der Waals surface area contributed by atoms with Crippen molar-refractivity contribution in [2.75, 3.05) is 20.2 Å². The summed E-state index contributed by atoms with van der Waals surface area (Å²) in [6, 6.07) is 13.6. The molecule has 1 amide bonds. The van der Waals surface area contributed by atoms with E-state index in [9.17, 15) is 14.7 Å². The highest BCUT2D eigenvalue weighted by Crippen LogP contribution is 2.36. The second kappa shape index (κ2) is 9.69. The van der Waals surface area contributed by atoms with E-state index < -0.39 is 6.04 Å². The van der Waals surface area contributed by atoms with Crippen LogP contribution in [-0.4, -0.2) is 40.7 Å². The van der Waals surface area contributed by atoms with E-state index in [0.29, 0.717) is 50.6 Å². The Bertz CT molecular complexity index is 1450. The second-order valence-electron chi connectivity index (χ2n) is 7.86. The summed E-state index contributed by atoms with van der Waals surface area (Å²) in [6.07, 6.45) is 1.66. The summed E-state index contributed by atoms with van der Waals surface area (Å²) in [5.74, 6) is 0.516. The molecule has 0 unspecified atom stereocenters. The van der Waals surface area contributed by atoms with Gasteiger partial charge in [-0.2, -0.15) is 0 Å². The number of allylic oxidation sites excluding steroid dienone is 1. The van der Waals surface area contributed by atoms with Crippen LogP contribution in [0.1, 0.15) is 37.9 Å². The van der Waals surface area contributed by atoms with Gasteiger partial charge in [-0.15, -0.1) is 0 Å². The number of fused-ring (bicyclic) bond motifs is 1. The minimum Gasteiger partial charge on any atom is -0.507 e. The molecule has 0 bridgehead atoms. The van der Waals surface area contributed by atoms with Crippen molar-refractivity contribution in [3.63, 3.8) is 0 Å². The first-order chi connectivity index (χ1) is 16.4. The lowest BCUT2D eigenvalue weighted by Gasteiger charge is -2.29. The van der Waals surface area contributed by atoms with Gasteiger partial charge in [-0.3, -0.25) is 14.2 Å². The number of hydrogen-bond acceptors (Lipinski definition) is 6. The van der Waals surface area contributed by atoms with Gasteiger partial charge >= 0.3 is 0 Å². The van der Waals surface area contributed by atoms with E-state index in [1.165, 1.54) is 11.3 Å². The van der Waals surface area contributed by atoms with Gasteiger partial charge in [-0.05, 0) is 39.0 Å². The molecular weight excluding hydrogens is 450 g/mol. The average molecular weight is 478 g/mol. The fraction of sp³-hybridized carbons (Fsp3) is 0.269. The highest BCUT2D eigenvalue weighted by atomic mass is 32.1. The number of para-hydroxylation sites is 2. The van der Waals surface area contributed by atoms with Crippen molar-refractivity contribution >= 4 is 23.3 Å². The number of benzene rings is 2. The number of hydrogen-bond donors (Lipinski definition) is 1. The Balaban J connectivity index is 2.02. The number of nitrogens with zero attached hydrogens (tertiary/aromatic N) is 3. The van der Waals surface area contributed by atoms with E-state index in [1.54, 1.807) is 53.8 Å². The van der Waals surface area contributed by atoms with Gasteiger partial charge in [0.25, 0.3) is 11.5 Å². The molecule has 34 heavy (non-hydrogen) atoms. The van der Waals surface area contributed by atoms with Crippen molar-refractivity contribution in [1.29, 1.82) is 0 Å². The number of ether oxygens (including phenoxy) is 1.